The Bertz CT molecular complexity index is 574. The molecule has 21 heavy (non-hydrogen) atoms. The van der Waals surface area contributed by atoms with Gasteiger partial charge >= 0.3 is 5.97 Å². The molecular formula is C13H15N5O3. The maximum absolute atomic E-state index is 11.6. The standard InChI is InChI=1S/C13H15N5O3/c1-20-6-7-21-13(19)9-2-4-10(5-3-9)17-18-11(8-14)12(15)16/h2-5,17H,6-7H2,1H3,(H3,15,16)/b18-11+. The first-order chi connectivity index (χ1) is 10.1. The van der Waals surface area contributed by atoms with E-state index < -0.39 is 11.8 Å². The van der Waals surface area contributed by atoms with Crippen molar-refractivity contribution in [1.29, 1.82) is 10.7 Å². The number of anilines is 1. The number of amidine groups is 1. The second-order valence-electron chi connectivity index (χ2n) is 3.80. The van der Waals surface area contributed by atoms with Crippen LogP contribution in [0.2, 0.25) is 0 Å². The van der Waals surface area contributed by atoms with E-state index in [1.54, 1.807) is 30.3 Å². The predicted octanol–water partition coefficient (Wildman–Crippen LogP) is 0.717. The summed E-state index contributed by atoms with van der Waals surface area (Å²) in [6.45, 7) is 0.520. The van der Waals surface area contributed by atoms with Crippen LogP contribution in [0.15, 0.2) is 29.4 Å². The van der Waals surface area contributed by atoms with Gasteiger partial charge in [-0.15, -0.1) is 0 Å². The van der Waals surface area contributed by atoms with E-state index in [2.05, 4.69) is 10.5 Å². The number of hydrogen-bond acceptors (Lipinski definition) is 7. The Hall–Kier alpha value is -2.92. The predicted molar refractivity (Wildman–Crippen MR) is 77.2 cm³/mol. The SMILES string of the molecule is COCCOC(=O)c1ccc(N/N=C(\C#N)C(=N)N)cc1. The van der Waals surface area contributed by atoms with E-state index >= 15 is 0 Å². The van der Waals surface area contributed by atoms with Gasteiger partial charge in [-0.2, -0.15) is 10.4 Å². The molecule has 0 aliphatic rings. The van der Waals surface area contributed by atoms with Crippen LogP contribution in [0.4, 0.5) is 5.69 Å². The molecule has 0 heterocycles. The van der Waals surface area contributed by atoms with Crippen LogP contribution in [0.3, 0.4) is 0 Å². The van der Waals surface area contributed by atoms with Gasteiger partial charge in [-0.25, -0.2) is 4.79 Å². The second kappa shape index (κ2) is 8.29. The molecule has 0 fully saturated rings. The number of ether oxygens (including phenoxy) is 2. The first-order valence-corrected chi connectivity index (χ1v) is 5.92. The van der Waals surface area contributed by atoms with Crippen LogP contribution in [0.1, 0.15) is 10.4 Å². The summed E-state index contributed by atoms with van der Waals surface area (Å²) in [5, 5.41) is 19.5. The highest BCUT2D eigenvalue weighted by atomic mass is 16.6. The molecule has 1 aromatic rings. The van der Waals surface area contributed by atoms with Crippen LogP contribution >= 0.6 is 0 Å². The lowest BCUT2D eigenvalue weighted by Gasteiger charge is -2.05. The molecule has 0 radical (unpaired) electrons. The molecule has 8 nitrogen and oxygen atoms in total. The highest BCUT2D eigenvalue weighted by molar-refractivity contribution is 6.45. The third-order valence-corrected chi connectivity index (χ3v) is 2.30. The minimum Gasteiger partial charge on any atom is -0.460 e. The number of hydrogen-bond donors (Lipinski definition) is 3. The number of benzene rings is 1. The van der Waals surface area contributed by atoms with Crippen LogP contribution in [-0.4, -0.2) is 37.8 Å². The topological polar surface area (TPSA) is 134 Å². The van der Waals surface area contributed by atoms with E-state index in [0.29, 0.717) is 17.9 Å². The third kappa shape index (κ3) is 5.30. The van der Waals surface area contributed by atoms with Gasteiger partial charge in [0, 0.05) is 7.11 Å². The number of methoxy groups -OCH3 is 1. The Kier molecular flexibility index (Phi) is 6.37. The molecule has 0 saturated carbocycles. The van der Waals surface area contributed by atoms with Crippen LogP contribution in [0.25, 0.3) is 0 Å². The monoisotopic (exact) mass is 289 g/mol. The molecule has 0 aliphatic heterocycles. The van der Waals surface area contributed by atoms with Crippen LogP contribution in [0.5, 0.6) is 0 Å². The van der Waals surface area contributed by atoms with Crippen molar-refractivity contribution in [3.05, 3.63) is 29.8 Å². The Morgan fingerprint density at radius 2 is 2.10 bits per heavy atom. The molecule has 4 N–H and O–H groups in total. The molecule has 0 aliphatic carbocycles. The molecule has 0 aromatic heterocycles. The molecule has 0 unspecified atom stereocenters. The second-order valence-corrected chi connectivity index (χ2v) is 3.80. The minimum atomic E-state index is -0.455. The summed E-state index contributed by atoms with van der Waals surface area (Å²) in [5.74, 6) is -0.883. The molecule has 1 aromatic carbocycles. The van der Waals surface area contributed by atoms with Gasteiger partial charge in [0.05, 0.1) is 17.9 Å². The highest BCUT2D eigenvalue weighted by Gasteiger charge is 2.06. The van der Waals surface area contributed by atoms with Gasteiger partial charge in [-0.3, -0.25) is 10.8 Å². The summed E-state index contributed by atoms with van der Waals surface area (Å²) in [4.78, 5) is 11.6. The molecule has 0 bridgehead atoms. The average Bonchev–Trinajstić information content (AvgIpc) is 2.48. The van der Waals surface area contributed by atoms with Crippen LogP contribution < -0.4 is 11.2 Å². The summed E-state index contributed by atoms with van der Waals surface area (Å²) >= 11 is 0. The zero-order valence-electron chi connectivity index (χ0n) is 11.4. The van der Waals surface area contributed by atoms with Crippen molar-refractivity contribution in [2.75, 3.05) is 25.7 Å². The van der Waals surface area contributed by atoms with Gasteiger partial charge < -0.3 is 15.2 Å². The van der Waals surface area contributed by atoms with E-state index in [4.69, 9.17) is 25.9 Å². The van der Waals surface area contributed by atoms with Crippen molar-refractivity contribution in [3.8, 4) is 6.07 Å². The number of nitrogens with zero attached hydrogens (tertiary/aromatic N) is 2. The summed E-state index contributed by atoms with van der Waals surface area (Å²) in [6.07, 6.45) is 0. The zero-order valence-corrected chi connectivity index (χ0v) is 11.4. The fourth-order valence-electron chi connectivity index (χ4n) is 1.25. The van der Waals surface area contributed by atoms with Crippen molar-refractivity contribution < 1.29 is 14.3 Å². The van der Waals surface area contributed by atoms with Crippen LogP contribution in [-0.2, 0) is 9.47 Å². The fraction of sp³-hybridized carbons (Fsp3) is 0.231. The zero-order chi connectivity index (χ0) is 15.7. The molecule has 1 rings (SSSR count). The third-order valence-electron chi connectivity index (χ3n) is 2.30. The highest BCUT2D eigenvalue weighted by Crippen LogP contribution is 2.10. The number of esters is 1. The number of hydrazone groups is 1. The molecule has 0 saturated heterocycles. The van der Waals surface area contributed by atoms with Crippen molar-refractivity contribution in [2.24, 2.45) is 10.8 Å². The van der Waals surface area contributed by atoms with E-state index in [-0.39, 0.29) is 12.3 Å². The maximum Gasteiger partial charge on any atom is 0.338 e. The van der Waals surface area contributed by atoms with Gasteiger partial charge in [-0.1, -0.05) is 0 Å². The number of nitrogens with two attached hydrogens (primary N) is 1. The lowest BCUT2D eigenvalue weighted by atomic mass is 10.2. The van der Waals surface area contributed by atoms with Crippen molar-refractivity contribution >= 4 is 23.2 Å². The van der Waals surface area contributed by atoms with Gasteiger partial charge in [0.25, 0.3) is 0 Å². The van der Waals surface area contributed by atoms with Gasteiger partial charge in [-0.05, 0) is 24.3 Å². The molecule has 0 atom stereocenters. The van der Waals surface area contributed by atoms with Crippen molar-refractivity contribution in [3.63, 3.8) is 0 Å². The molecule has 110 valence electrons. The smallest absolute Gasteiger partial charge is 0.338 e. The van der Waals surface area contributed by atoms with E-state index in [0.717, 1.165) is 0 Å². The Balaban J connectivity index is 2.64. The molecule has 0 spiro atoms. The van der Waals surface area contributed by atoms with Crippen LogP contribution in [0, 0.1) is 16.7 Å². The number of carbonyl (C=O) groups is 1. The molecular weight excluding hydrogens is 274 g/mol. The lowest BCUT2D eigenvalue weighted by molar-refractivity contribution is 0.0388. The fourth-order valence-corrected chi connectivity index (χ4v) is 1.25. The first-order valence-electron chi connectivity index (χ1n) is 5.92. The Morgan fingerprint density at radius 1 is 1.43 bits per heavy atom. The number of nitriles is 1. The van der Waals surface area contributed by atoms with Gasteiger partial charge in [0.2, 0.25) is 5.71 Å². The quantitative estimate of drug-likeness (QED) is 0.222. The van der Waals surface area contributed by atoms with Gasteiger partial charge in [0.1, 0.15) is 12.7 Å². The summed E-state index contributed by atoms with van der Waals surface area (Å²) < 4.78 is 9.73. The minimum absolute atomic E-state index is 0.184. The summed E-state index contributed by atoms with van der Waals surface area (Å²) in [6, 6.07) is 7.96. The average molecular weight is 289 g/mol. The number of rotatable bonds is 7. The summed E-state index contributed by atoms with van der Waals surface area (Å²) in [7, 11) is 1.52. The normalized spacial score (nSPS) is 10.6. The number of nitrogens with one attached hydrogen (secondary N) is 2. The largest absolute Gasteiger partial charge is 0.460 e. The van der Waals surface area contributed by atoms with E-state index in [1.165, 1.54) is 7.11 Å². The molecule has 8 heteroatoms. The molecule has 0 amide bonds. The summed E-state index contributed by atoms with van der Waals surface area (Å²) in [5.41, 5.74) is 8.42. The Labute approximate surface area is 121 Å². The van der Waals surface area contributed by atoms with E-state index in [9.17, 15) is 4.79 Å². The maximum atomic E-state index is 11.6. The lowest BCUT2D eigenvalue weighted by Crippen LogP contribution is -2.21. The van der Waals surface area contributed by atoms with Crippen molar-refractivity contribution in [2.45, 2.75) is 0 Å². The first kappa shape index (κ1) is 16.1. The van der Waals surface area contributed by atoms with E-state index in [1.807, 2.05) is 0 Å². The van der Waals surface area contributed by atoms with Gasteiger partial charge in [0.15, 0.2) is 5.84 Å². The number of carbonyl (C=O) groups excluding carboxylic acids is 1. The Morgan fingerprint density at radius 3 is 2.62 bits per heavy atom. The van der Waals surface area contributed by atoms with Crippen molar-refractivity contribution in [1.82, 2.24) is 0 Å².